The highest BCUT2D eigenvalue weighted by atomic mass is 16.6. The van der Waals surface area contributed by atoms with Crippen molar-refractivity contribution in [3.63, 3.8) is 0 Å². The smallest absolute Gasteiger partial charge is 0.347 e. The monoisotopic (exact) mass is 380 g/mol. The van der Waals surface area contributed by atoms with Crippen LogP contribution in [0.4, 0.5) is 0 Å². The Labute approximate surface area is 163 Å². The minimum atomic E-state index is -0.769. The van der Waals surface area contributed by atoms with Crippen molar-refractivity contribution in [2.24, 2.45) is 0 Å². The van der Waals surface area contributed by atoms with E-state index in [-0.39, 0.29) is 6.10 Å². The standard InChI is InChI=1S/C23H24O5/c1-5-14(2)26-23(25)16(4)27-20-12-11-18-19(17-9-7-6-8-10-17)13-21(24)28-22(18)15(20)3/h6-14,16H,5H2,1-4H3/t14-,16-/m0/s1. The molecule has 3 aromatic rings. The summed E-state index contributed by atoms with van der Waals surface area (Å²) in [5, 5.41) is 0.811. The van der Waals surface area contributed by atoms with E-state index in [9.17, 15) is 9.59 Å². The van der Waals surface area contributed by atoms with Gasteiger partial charge in [-0.05, 0) is 50.5 Å². The predicted molar refractivity (Wildman–Crippen MR) is 109 cm³/mol. The molecule has 1 heterocycles. The van der Waals surface area contributed by atoms with Gasteiger partial charge in [-0.25, -0.2) is 9.59 Å². The molecular weight excluding hydrogens is 356 g/mol. The largest absolute Gasteiger partial charge is 0.479 e. The Morgan fingerprint density at radius 1 is 1.11 bits per heavy atom. The van der Waals surface area contributed by atoms with Crippen molar-refractivity contribution in [1.29, 1.82) is 0 Å². The summed E-state index contributed by atoms with van der Waals surface area (Å²) in [7, 11) is 0. The Hall–Kier alpha value is -3.08. The fourth-order valence-corrected chi connectivity index (χ4v) is 2.94. The summed E-state index contributed by atoms with van der Waals surface area (Å²) < 4.78 is 16.6. The number of hydrogen-bond acceptors (Lipinski definition) is 5. The topological polar surface area (TPSA) is 65.7 Å². The molecular formula is C23H24O5. The van der Waals surface area contributed by atoms with E-state index in [1.54, 1.807) is 13.0 Å². The van der Waals surface area contributed by atoms with Crippen LogP contribution in [0.3, 0.4) is 0 Å². The van der Waals surface area contributed by atoms with Crippen molar-refractivity contribution in [2.75, 3.05) is 0 Å². The highest BCUT2D eigenvalue weighted by molar-refractivity contribution is 5.95. The first-order chi connectivity index (χ1) is 13.4. The van der Waals surface area contributed by atoms with Crippen molar-refractivity contribution < 1.29 is 18.7 Å². The van der Waals surface area contributed by atoms with Crippen molar-refractivity contribution in [3.8, 4) is 16.9 Å². The van der Waals surface area contributed by atoms with Gasteiger partial charge in [0, 0.05) is 17.0 Å². The molecule has 0 saturated heterocycles. The van der Waals surface area contributed by atoms with Gasteiger partial charge < -0.3 is 13.9 Å². The van der Waals surface area contributed by atoms with E-state index >= 15 is 0 Å². The van der Waals surface area contributed by atoms with E-state index in [1.165, 1.54) is 6.07 Å². The zero-order valence-corrected chi connectivity index (χ0v) is 16.5. The van der Waals surface area contributed by atoms with Crippen molar-refractivity contribution in [2.45, 2.75) is 46.3 Å². The molecule has 1 aromatic heterocycles. The lowest BCUT2D eigenvalue weighted by molar-refractivity contribution is -0.155. The second kappa shape index (κ2) is 8.30. The normalized spacial score (nSPS) is 13.1. The van der Waals surface area contributed by atoms with Crippen LogP contribution in [0, 0.1) is 6.92 Å². The summed E-state index contributed by atoms with van der Waals surface area (Å²) >= 11 is 0. The molecule has 2 atom stereocenters. The molecule has 0 fully saturated rings. The van der Waals surface area contributed by atoms with E-state index < -0.39 is 17.7 Å². The molecule has 0 spiro atoms. The fraction of sp³-hybridized carbons (Fsp3) is 0.304. The number of ether oxygens (including phenoxy) is 2. The summed E-state index contributed by atoms with van der Waals surface area (Å²) in [5.74, 6) is 0.0581. The number of carbonyl (C=O) groups excluding carboxylic acids is 1. The third-order valence-corrected chi connectivity index (χ3v) is 4.72. The molecule has 5 nitrogen and oxygen atoms in total. The number of benzene rings is 2. The Bertz CT molecular complexity index is 1040. The van der Waals surface area contributed by atoms with Gasteiger partial charge in [-0.15, -0.1) is 0 Å². The van der Waals surface area contributed by atoms with Gasteiger partial charge in [-0.1, -0.05) is 37.3 Å². The van der Waals surface area contributed by atoms with Gasteiger partial charge in [-0.3, -0.25) is 0 Å². The molecule has 0 radical (unpaired) electrons. The maximum Gasteiger partial charge on any atom is 0.347 e. The minimum Gasteiger partial charge on any atom is -0.479 e. The molecule has 5 heteroatoms. The number of aryl methyl sites for hydroxylation is 1. The number of fused-ring (bicyclic) bond motifs is 1. The fourth-order valence-electron chi connectivity index (χ4n) is 2.94. The van der Waals surface area contributed by atoms with Crippen LogP contribution < -0.4 is 10.4 Å². The molecule has 0 aliphatic rings. The van der Waals surface area contributed by atoms with Crippen LogP contribution in [0.1, 0.15) is 32.8 Å². The summed E-state index contributed by atoms with van der Waals surface area (Å²) in [6, 6.07) is 14.8. The Morgan fingerprint density at radius 2 is 1.82 bits per heavy atom. The third kappa shape index (κ3) is 4.09. The molecule has 28 heavy (non-hydrogen) atoms. The van der Waals surface area contributed by atoms with E-state index in [1.807, 2.05) is 57.2 Å². The van der Waals surface area contributed by atoms with E-state index in [2.05, 4.69) is 0 Å². The second-order valence-electron chi connectivity index (χ2n) is 6.83. The lowest BCUT2D eigenvalue weighted by atomic mass is 10.00. The van der Waals surface area contributed by atoms with Crippen LogP contribution >= 0.6 is 0 Å². The van der Waals surface area contributed by atoms with Crippen LogP contribution in [0.5, 0.6) is 5.75 Å². The quantitative estimate of drug-likeness (QED) is 0.450. The van der Waals surface area contributed by atoms with Gasteiger partial charge in [0.15, 0.2) is 6.10 Å². The van der Waals surface area contributed by atoms with Crippen molar-refractivity contribution >= 4 is 16.9 Å². The van der Waals surface area contributed by atoms with E-state index in [0.29, 0.717) is 16.9 Å². The second-order valence-corrected chi connectivity index (χ2v) is 6.83. The first-order valence-electron chi connectivity index (χ1n) is 9.40. The highest BCUT2D eigenvalue weighted by Crippen LogP contribution is 2.33. The number of carbonyl (C=O) groups is 1. The number of esters is 1. The van der Waals surface area contributed by atoms with Gasteiger partial charge >= 0.3 is 11.6 Å². The zero-order chi connectivity index (χ0) is 20.3. The number of hydrogen-bond donors (Lipinski definition) is 0. The SMILES string of the molecule is CC[C@H](C)OC(=O)[C@H](C)Oc1ccc2c(-c3ccccc3)cc(=O)oc2c1C. The summed E-state index contributed by atoms with van der Waals surface area (Å²) in [4.78, 5) is 24.3. The molecule has 0 saturated carbocycles. The lowest BCUT2D eigenvalue weighted by Gasteiger charge is -2.18. The molecule has 0 amide bonds. The maximum absolute atomic E-state index is 12.2. The number of rotatable bonds is 6. The van der Waals surface area contributed by atoms with Crippen LogP contribution in [-0.4, -0.2) is 18.2 Å². The zero-order valence-electron chi connectivity index (χ0n) is 16.5. The predicted octanol–water partition coefficient (Wildman–Crippen LogP) is 4.88. The molecule has 0 bridgehead atoms. The molecule has 0 aliphatic heterocycles. The maximum atomic E-state index is 12.2. The molecule has 3 rings (SSSR count). The molecule has 0 unspecified atom stereocenters. The van der Waals surface area contributed by atoms with Crippen molar-refractivity contribution in [3.05, 3.63) is 64.5 Å². The minimum absolute atomic E-state index is 0.164. The average molecular weight is 380 g/mol. The highest BCUT2D eigenvalue weighted by Gasteiger charge is 2.21. The Kier molecular flexibility index (Phi) is 5.83. The first kappa shape index (κ1) is 19.7. The molecule has 2 aromatic carbocycles. The van der Waals surface area contributed by atoms with E-state index in [0.717, 1.165) is 22.9 Å². The molecule has 0 aliphatic carbocycles. The Morgan fingerprint density at radius 3 is 2.50 bits per heavy atom. The average Bonchev–Trinajstić information content (AvgIpc) is 2.70. The molecule has 146 valence electrons. The van der Waals surface area contributed by atoms with Gasteiger partial charge in [0.25, 0.3) is 0 Å². The van der Waals surface area contributed by atoms with Crippen LogP contribution in [0.25, 0.3) is 22.1 Å². The molecule has 0 N–H and O–H groups in total. The third-order valence-electron chi connectivity index (χ3n) is 4.72. The summed E-state index contributed by atoms with van der Waals surface area (Å²) in [6.07, 6.45) is -0.196. The van der Waals surface area contributed by atoms with Crippen LogP contribution in [0.15, 0.2) is 57.7 Å². The van der Waals surface area contributed by atoms with Gasteiger partial charge in [-0.2, -0.15) is 0 Å². The summed E-state index contributed by atoms with van der Waals surface area (Å²) in [6.45, 7) is 7.24. The van der Waals surface area contributed by atoms with Gasteiger partial charge in [0.05, 0.1) is 6.10 Å². The van der Waals surface area contributed by atoms with Gasteiger partial charge in [0.1, 0.15) is 11.3 Å². The van der Waals surface area contributed by atoms with Gasteiger partial charge in [0.2, 0.25) is 0 Å². The van der Waals surface area contributed by atoms with E-state index in [4.69, 9.17) is 13.9 Å². The van der Waals surface area contributed by atoms with Crippen molar-refractivity contribution in [1.82, 2.24) is 0 Å². The lowest BCUT2D eigenvalue weighted by Crippen LogP contribution is -2.29. The van der Waals surface area contributed by atoms with Crippen LogP contribution in [0.2, 0.25) is 0 Å². The Balaban J connectivity index is 1.98. The summed E-state index contributed by atoms with van der Waals surface area (Å²) in [5.41, 5.74) is 2.41. The van der Waals surface area contributed by atoms with Crippen LogP contribution in [-0.2, 0) is 9.53 Å². The first-order valence-corrected chi connectivity index (χ1v) is 9.40.